The number of carbonyl (C=O) groups is 8. The molecule has 1 aliphatic carbocycles. The van der Waals surface area contributed by atoms with Gasteiger partial charge in [-0.2, -0.15) is 13.2 Å². The van der Waals surface area contributed by atoms with Crippen molar-refractivity contribution in [2.75, 3.05) is 53.4 Å². The largest absolute Gasteiger partial charge is 0.471 e. The molecule has 0 bridgehead atoms. The van der Waals surface area contributed by atoms with Gasteiger partial charge in [0.2, 0.25) is 29.5 Å². The lowest BCUT2D eigenvalue weighted by atomic mass is 9.87. The van der Waals surface area contributed by atoms with Crippen LogP contribution in [0.2, 0.25) is 0 Å². The van der Waals surface area contributed by atoms with Crippen molar-refractivity contribution in [3.8, 4) is 0 Å². The summed E-state index contributed by atoms with van der Waals surface area (Å²) in [7, 11) is 3.22. The van der Waals surface area contributed by atoms with E-state index < -0.39 is 72.0 Å². The van der Waals surface area contributed by atoms with Gasteiger partial charge in [0, 0.05) is 56.4 Å². The number of rotatable bonds is 25. The molecule has 21 heteroatoms. The first-order valence-corrected chi connectivity index (χ1v) is 26.9. The lowest BCUT2D eigenvalue weighted by Crippen LogP contribution is -2.55. The van der Waals surface area contributed by atoms with Crippen LogP contribution in [0.1, 0.15) is 122 Å². The first-order chi connectivity index (χ1) is 36.9. The van der Waals surface area contributed by atoms with Crippen molar-refractivity contribution >= 4 is 47.3 Å². The Kier molecular flexibility index (Phi) is 22.0. The van der Waals surface area contributed by atoms with Crippen molar-refractivity contribution in [2.45, 2.75) is 139 Å². The van der Waals surface area contributed by atoms with E-state index in [0.717, 1.165) is 35.3 Å². The summed E-state index contributed by atoms with van der Waals surface area (Å²) in [6.07, 6.45) is 0.608. The second-order valence-corrected chi connectivity index (χ2v) is 20.2. The average molecular weight is 1070 g/mol. The number of hydrogen-bond donors (Lipinski definition) is 7. The molecule has 77 heavy (non-hydrogen) atoms. The number of likely N-dealkylation sites (tertiary alicyclic amines) is 2. The van der Waals surface area contributed by atoms with Gasteiger partial charge < -0.3 is 51.9 Å². The quantitative estimate of drug-likeness (QED) is 0.0609. The minimum Gasteiger partial charge on any atom is -0.352 e. The van der Waals surface area contributed by atoms with E-state index in [9.17, 15) is 51.5 Å². The highest BCUT2D eigenvalue weighted by Crippen LogP contribution is 2.31. The fourth-order valence-corrected chi connectivity index (χ4v) is 10.2. The highest BCUT2D eigenvalue weighted by molar-refractivity contribution is 5.98. The van der Waals surface area contributed by atoms with Gasteiger partial charge >= 0.3 is 12.1 Å². The molecular formula is C56H75F3N10O8. The SMILES string of the molecule is CN[C@@H](C)C(=O)N[C@@H](CCCNC(=O)c1ccc(C(=O)NCCC[C@H](NC(=O)[C@H](C)NC)C(=O)N2CCC[C@H]2C(=O)N[C@@H]2CCCc3ccccc32)cc1)C(=O)N1CCC[C@H]1CN(CCc1ccccc1)C(=O)C(F)(F)F. The molecule has 6 rings (SSSR count). The number of carbonyl (C=O) groups excluding carboxylic acids is 8. The van der Waals surface area contributed by atoms with Crippen LogP contribution in [-0.4, -0.2) is 158 Å². The van der Waals surface area contributed by atoms with Crippen LogP contribution >= 0.6 is 0 Å². The predicted octanol–water partition coefficient (Wildman–Crippen LogP) is 3.70. The van der Waals surface area contributed by atoms with Gasteiger partial charge in [-0.15, -0.1) is 0 Å². The summed E-state index contributed by atoms with van der Waals surface area (Å²) >= 11 is 0. The van der Waals surface area contributed by atoms with Crippen LogP contribution < -0.4 is 37.2 Å². The molecule has 2 heterocycles. The van der Waals surface area contributed by atoms with Gasteiger partial charge in [0.1, 0.15) is 18.1 Å². The fraction of sp³-hybridized carbons (Fsp3) is 0.536. The summed E-state index contributed by atoms with van der Waals surface area (Å²) in [6, 6.07) is 18.0. The highest BCUT2D eigenvalue weighted by atomic mass is 19.4. The van der Waals surface area contributed by atoms with Crippen molar-refractivity contribution in [3.63, 3.8) is 0 Å². The van der Waals surface area contributed by atoms with Crippen LogP contribution in [0.5, 0.6) is 0 Å². The van der Waals surface area contributed by atoms with E-state index in [1.165, 1.54) is 34.7 Å². The molecule has 18 nitrogen and oxygen atoms in total. The molecular weight excluding hydrogens is 998 g/mol. The second-order valence-electron chi connectivity index (χ2n) is 20.2. The number of hydrogen-bond acceptors (Lipinski definition) is 10. The molecule has 2 aliphatic heterocycles. The molecule has 0 saturated carbocycles. The van der Waals surface area contributed by atoms with Crippen LogP contribution in [-0.2, 0) is 41.6 Å². The monoisotopic (exact) mass is 1070 g/mol. The van der Waals surface area contributed by atoms with Crippen molar-refractivity contribution < 1.29 is 51.5 Å². The number of aryl methyl sites for hydroxylation is 1. The Morgan fingerprint density at radius 1 is 0.662 bits per heavy atom. The summed E-state index contributed by atoms with van der Waals surface area (Å²) < 4.78 is 41.4. The maximum Gasteiger partial charge on any atom is 0.471 e. The summed E-state index contributed by atoms with van der Waals surface area (Å²) in [6.45, 7) is 3.60. The number of halogens is 3. The zero-order valence-corrected chi connectivity index (χ0v) is 44.5. The zero-order valence-electron chi connectivity index (χ0n) is 44.5. The number of amides is 8. The molecule has 418 valence electrons. The van der Waals surface area contributed by atoms with E-state index in [0.29, 0.717) is 38.6 Å². The molecule has 2 saturated heterocycles. The minimum atomic E-state index is -5.11. The number of alkyl halides is 3. The maximum absolute atomic E-state index is 14.1. The Morgan fingerprint density at radius 2 is 1.19 bits per heavy atom. The summed E-state index contributed by atoms with van der Waals surface area (Å²) in [4.78, 5) is 111. The lowest BCUT2D eigenvalue weighted by Gasteiger charge is -2.33. The molecule has 3 aromatic carbocycles. The minimum absolute atomic E-state index is 0.0886. The fourth-order valence-electron chi connectivity index (χ4n) is 10.2. The molecule has 2 fully saturated rings. The van der Waals surface area contributed by atoms with E-state index >= 15 is 0 Å². The third-order valence-corrected chi connectivity index (χ3v) is 14.9. The van der Waals surface area contributed by atoms with Crippen molar-refractivity contribution in [1.82, 2.24) is 51.9 Å². The molecule has 7 atom stereocenters. The van der Waals surface area contributed by atoms with Crippen LogP contribution in [0.25, 0.3) is 0 Å². The normalized spacial score (nSPS) is 18.7. The Morgan fingerprint density at radius 3 is 1.77 bits per heavy atom. The molecule has 3 aliphatic rings. The Labute approximate surface area is 448 Å². The lowest BCUT2D eigenvalue weighted by molar-refractivity contribution is -0.186. The predicted molar refractivity (Wildman–Crippen MR) is 283 cm³/mol. The third kappa shape index (κ3) is 16.6. The first kappa shape index (κ1) is 59.4. The van der Waals surface area contributed by atoms with Gasteiger partial charge in [-0.3, -0.25) is 38.4 Å². The topological polar surface area (TPSA) is 230 Å². The highest BCUT2D eigenvalue weighted by Gasteiger charge is 2.45. The number of nitrogens with zero attached hydrogens (tertiary/aromatic N) is 3. The maximum atomic E-state index is 14.1. The van der Waals surface area contributed by atoms with E-state index in [1.807, 2.05) is 18.2 Å². The van der Waals surface area contributed by atoms with E-state index in [2.05, 4.69) is 43.3 Å². The van der Waals surface area contributed by atoms with Crippen molar-refractivity contribution in [1.29, 1.82) is 0 Å². The molecule has 0 radical (unpaired) electrons. The third-order valence-electron chi connectivity index (χ3n) is 14.9. The van der Waals surface area contributed by atoms with Gasteiger partial charge in [0.15, 0.2) is 0 Å². The Hall–Kier alpha value is -6.87. The molecule has 0 spiro atoms. The van der Waals surface area contributed by atoms with Gasteiger partial charge in [-0.1, -0.05) is 54.6 Å². The first-order valence-electron chi connectivity index (χ1n) is 26.9. The van der Waals surface area contributed by atoms with Gasteiger partial charge in [-0.05, 0) is 146 Å². The summed E-state index contributed by atoms with van der Waals surface area (Å²) in [5.41, 5.74) is 3.58. The number of fused-ring (bicyclic) bond motifs is 1. The number of benzene rings is 3. The van der Waals surface area contributed by atoms with E-state index in [1.54, 1.807) is 63.2 Å². The Bertz CT molecular complexity index is 2520. The molecule has 3 aromatic rings. The number of nitrogens with one attached hydrogen (secondary N) is 7. The van der Waals surface area contributed by atoms with Gasteiger partial charge in [-0.25, -0.2) is 0 Å². The second kappa shape index (κ2) is 28.5. The van der Waals surface area contributed by atoms with Crippen molar-refractivity contribution in [2.24, 2.45) is 0 Å². The van der Waals surface area contributed by atoms with E-state index in [4.69, 9.17) is 0 Å². The van der Waals surface area contributed by atoms with Crippen LogP contribution in [0.4, 0.5) is 13.2 Å². The molecule has 0 unspecified atom stereocenters. The number of likely N-dealkylation sites (N-methyl/N-ethyl adjacent to an activating group) is 2. The average Bonchev–Trinajstić information content (AvgIpc) is 4.14. The van der Waals surface area contributed by atoms with Crippen LogP contribution in [0.15, 0.2) is 78.9 Å². The summed E-state index contributed by atoms with van der Waals surface area (Å²) in [5.74, 6) is -4.79. The van der Waals surface area contributed by atoms with Crippen molar-refractivity contribution in [3.05, 3.63) is 107 Å². The van der Waals surface area contributed by atoms with Gasteiger partial charge in [0.25, 0.3) is 11.8 Å². The van der Waals surface area contributed by atoms with E-state index in [-0.39, 0.29) is 93.3 Å². The Balaban J connectivity index is 0.990. The zero-order chi connectivity index (χ0) is 55.6. The molecule has 0 aromatic heterocycles. The summed E-state index contributed by atoms with van der Waals surface area (Å²) in [5, 5.41) is 20.2. The molecule has 7 N–H and O–H groups in total. The standard InChI is InChI=1S/C56H75F3N10O8/c1-36(60-3)48(70)65-45(53(75)68-32-13-19-42(68)35-67(55(77)56(57,58)59)34-29-38-15-6-5-7-16-38)22-11-30-62-50(72)40-25-27-41(28-26-40)51(73)63-31-12-23-46(66-49(71)37(2)61-4)54(76)69-33-14-24-47(69)52(74)64-44-21-10-18-39-17-8-9-20-43(39)44/h5-9,15-17,20,25-28,36-37,42,44-47,60-61H,10-14,18-19,21-24,29-35H2,1-4H3,(H,62,72)(H,63,73)(H,64,74)(H,65,70)(H,66,71)/t36-,37-,42-,44+,45-,46-,47-/m0/s1. The molecule has 8 amide bonds. The van der Waals surface area contributed by atoms with Gasteiger partial charge in [0.05, 0.1) is 18.1 Å². The van der Waals surface area contributed by atoms with Crippen LogP contribution in [0.3, 0.4) is 0 Å². The van der Waals surface area contributed by atoms with Crippen LogP contribution in [0, 0.1) is 0 Å². The smallest absolute Gasteiger partial charge is 0.352 e.